The number of alkyl carbamates (subject to hydrolysis) is 1. The van der Waals surface area contributed by atoms with Crippen molar-refractivity contribution in [2.24, 2.45) is 10.9 Å². The number of amides is 1. The Hall–Kier alpha value is -2.29. The van der Waals surface area contributed by atoms with E-state index < -0.39 is 11.7 Å². The van der Waals surface area contributed by atoms with Crippen molar-refractivity contribution < 1.29 is 14.1 Å². The number of rotatable bonds is 7. The summed E-state index contributed by atoms with van der Waals surface area (Å²) >= 11 is 0. The van der Waals surface area contributed by atoms with Crippen LogP contribution in [0.25, 0.3) is 0 Å². The quantitative estimate of drug-likeness (QED) is 0.514. The zero-order valence-corrected chi connectivity index (χ0v) is 19.3. The molecule has 1 aliphatic heterocycles. The Morgan fingerprint density at radius 2 is 2.00 bits per heavy atom. The summed E-state index contributed by atoms with van der Waals surface area (Å²) in [6.45, 7) is 17.5. The molecule has 1 fully saturated rings. The van der Waals surface area contributed by atoms with Gasteiger partial charge in [-0.25, -0.2) is 4.79 Å². The van der Waals surface area contributed by atoms with E-state index in [0.29, 0.717) is 6.54 Å². The number of hydrogen-bond donors (Lipinski definition) is 2. The van der Waals surface area contributed by atoms with E-state index in [1.54, 1.807) is 6.26 Å². The molecule has 1 aliphatic rings. The molecule has 0 aromatic carbocycles. The lowest BCUT2D eigenvalue weighted by molar-refractivity contribution is 0.0493. The molecule has 0 saturated carbocycles. The molecule has 170 valence electrons. The minimum Gasteiger partial charge on any atom is -0.444 e. The van der Waals surface area contributed by atoms with Crippen molar-refractivity contribution in [3.63, 3.8) is 0 Å². The first-order valence-electron chi connectivity index (χ1n) is 10.8. The van der Waals surface area contributed by atoms with Gasteiger partial charge in [-0.05, 0) is 33.6 Å². The topological polar surface area (TPSA) is 95.2 Å². The highest BCUT2D eigenvalue weighted by atomic mass is 16.6. The molecular weight excluding hydrogens is 384 g/mol. The van der Waals surface area contributed by atoms with Gasteiger partial charge in [-0.2, -0.15) is 0 Å². The number of ether oxygens (including phenoxy) is 1. The molecule has 0 radical (unpaired) electrons. The Balaban J connectivity index is 1.92. The molecule has 1 saturated heterocycles. The fraction of sp³-hybridized carbons (Fsp3) is 0.762. The van der Waals surface area contributed by atoms with Crippen LogP contribution in [-0.4, -0.2) is 77.9 Å². The number of nitrogens with zero attached hydrogens (tertiary/aromatic N) is 4. The van der Waals surface area contributed by atoms with Crippen LogP contribution in [-0.2, 0) is 11.3 Å². The van der Waals surface area contributed by atoms with Crippen LogP contribution in [0.5, 0.6) is 0 Å². The highest BCUT2D eigenvalue weighted by Gasteiger charge is 2.23. The smallest absolute Gasteiger partial charge is 0.407 e. The summed E-state index contributed by atoms with van der Waals surface area (Å²) in [6, 6.07) is 1.81. The molecule has 30 heavy (non-hydrogen) atoms. The molecule has 0 aliphatic carbocycles. The molecule has 1 unspecified atom stereocenters. The lowest BCUT2D eigenvalue weighted by atomic mass is 10.1. The van der Waals surface area contributed by atoms with Crippen LogP contribution in [0, 0.1) is 5.92 Å². The molecule has 0 spiro atoms. The summed E-state index contributed by atoms with van der Waals surface area (Å²) in [7, 11) is 0. The highest BCUT2D eigenvalue weighted by Crippen LogP contribution is 2.10. The second-order valence-electron chi connectivity index (χ2n) is 8.95. The zero-order chi connectivity index (χ0) is 22.1. The summed E-state index contributed by atoms with van der Waals surface area (Å²) in [5, 5.41) is 10.3. The predicted octanol–water partition coefficient (Wildman–Crippen LogP) is 2.31. The van der Waals surface area contributed by atoms with Crippen molar-refractivity contribution in [2.75, 3.05) is 39.3 Å². The molecule has 1 amide bonds. The fourth-order valence-corrected chi connectivity index (χ4v) is 3.16. The number of piperazine rings is 1. The molecular formula is C21H38N6O3. The molecule has 0 bridgehead atoms. The van der Waals surface area contributed by atoms with Crippen molar-refractivity contribution >= 4 is 12.1 Å². The number of hydrogen-bond acceptors (Lipinski definition) is 6. The molecule has 2 heterocycles. The molecule has 2 N–H and O–H groups in total. The third-order valence-electron chi connectivity index (χ3n) is 4.83. The van der Waals surface area contributed by atoms with Gasteiger partial charge in [-0.3, -0.25) is 9.89 Å². The number of carbonyl (C=O) groups excluding carboxylic acids is 1. The normalized spacial score (nSPS) is 17.2. The van der Waals surface area contributed by atoms with E-state index in [1.165, 1.54) is 0 Å². The number of aliphatic imine (C=N–C) groups is 1. The maximum absolute atomic E-state index is 12.2. The van der Waals surface area contributed by atoms with Crippen LogP contribution in [0.3, 0.4) is 0 Å². The number of aromatic nitrogens is 1. The van der Waals surface area contributed by atoms with Gasteiger partial charge in [-0.1, -0.05) is 19.0 Å². The number of nitrogens with one attached hydrogen (secondary N) is 2. The van der Waals surface area contributed by atoms with Crippen LogP contribution in [0.15, 0.2) is 21.8 Å². The first-order valence-corrected chi connectivity index (χ1v) is 10.8. The minimum absolute atomic E-state index is 0.0954. The van der Waals surface area contributed by atoms with Crippen molar-refractivity contribution in [2.45, 2.75) is 59.7 Å². The van der Waals surface area contributed by atoms with E-state index >= 15 is 0 Å². The molecule has 2 rings (SSSR count). The van der Waals surface area contributed by atoms with Crippen LogP contribution >= 0.6 is 0 Å². The molecule has 9 nitrogen and oxygen atoms in total. The van der Waals surface area contributed by atoms with E-state index in [0.717, 1.165) is 50.9 Å². The van der Waals surface area contributed by atoms with Crippen LogP contribution in [0.1, 0.15) is 47.2 Å². The Kier molecular flexibility index (Phi) is 8.95. The second-order valence-corrected chi connectivity index (χ2v) is 8.95. The lowest BCUT2D eigenvalue weighted by Crippen LogP contribution is -2.52. The summed E-state index contributed by atoms with van der Waals surface area (Å²) < 4.78 is 10.3. The lowest BCUT2D eigenvalue weighted by Gasteiger charge is -2.36. The number of guanidine groups is 1. The summed E-state index contributed by atoms with van der Waals surface area (Å²) in [5.74, 6) is 1.12. The molecule has 1 atom stereocenters. The Morgan fingerprint density at radius 3 is 2.53 bits per heavy atom. The Morgan fingerprint density at radius 1 is 1.30 bits per heavy atom. The minimum atomic E-state index is -0.518. The summed E-state index contributed by atoms with van der Waals surface area (Å²) in [6.07, 6.45) is 1.21. The monoisotopic (exact) mass is 422 g/mol. The first-order chi connectivity index (χ1) is 14.2. The molecule has 1 aromatic heterocycles. The van der Waals surface area contributed by atoms with Gasteiger partial charge in [0.15, 0.2) is 5.96 Å². The van der Waals surface area contributed by atoms with E-state index in [4.69, 9.17) is 14.3 Å². The van der Waals surface area contributed by atoms with Crippen molar-refractivity contribution in [1.82, 2.24) is 25.6 Å². The van der Waals surface area contributed by atoms with Gasteiger partial charge in [0.05, 0.1) is 18.3 Å². The third kappa shape index (κ3) is 8.22. The third-order valence-corrected chi connectivity index (χ3v) is 4.83. The number of carbonyl (C=O) groups is 1. The van der Waals surface area contributed by atoms with Crippen molar-refractivity contribution in [1.29, 1.82) is 0 Å². The van der Waals surface area contributed by atoms with Crippen LogP contribution in [0.4, 0.5) is 4.79 Å². The Labute approximate surface area is 180 Å². The van der Waals surface area contributed by atoms with E-state index in [2.05, 4.69) is 46.4 Å². The van der Waals surface area contributed by atoms with E-state index in [1.807, 2.05) is 26.8 Å². The molecule has 1 aromatic rings. The maximum Gasteiger partial charge on any atom is 0.407 e. The van der Waals surface area contributed by atoms with Crippen molar-refractivity contribution in [3.05, 3.63) is 18.0 Å². The van der Waals surface area contributed by atoms with E-state index in [9.17, 15) is 4.79 Å². The zero-order valence-electron chi connectivity index (χ0n) is 19.3. The largest absolute Gasteiger partial charge is 0.444 e. The average Bonchev–Trinajstić information content (AvgIpc) is 3.16. The highest BCUT2D eigenvalue weighted by molar-refractivity contribution is 5.80. The average molecular weight is 423 g/mol. The van der Waals surface area contributed by atoms with Crippen LogP contribution < -0.4 is 10.6 Å². The fourth-order valence-electron chi connectivity index (χ4n) is 3.16. The van der Waals surface area contributed by atoms with Gasteiger partial charge in [0, 0.05) is 45.3 Å². The second kappa shape index (κ2) is 11.2. The SMILES string of the molecule is CCNC(=NCC(NC(=O)OC(C)(C)C)C(C)C)N1CCN(Cc2ccon2)CC1. The predicted molar refractivity (Wildman–Crippen MR) is 117 cm³/mol. The Bertz CT molecular complexity index is 661. The van der Waals surface area contributed by atoms with Crippen LogP contribution in [0.2, 0.25) is 0 Å². The van der Waals surface area contributed by atoms with Gasteiger partial charge in [0.2, 0.25) is 0 Å². The van der Waals surface area contributed by atoms with Gasteiger partial charge < -0.3 is 24.8 Å². The van der Waals surface area contributed by atoms with Gasteiger partial charge in [0.25, 0.3) is 0 Å². The summed E-state index contributed by atoms with van der Waals surface area (Å²) in [5.41, 5.74) is 0.437. The standard InChI is InChI=1S/C21H38N6O3/c1-7-22-19(23-14-18(16(2)3)24-20(28)30-21(4,5)6)27-11-9-26(10-12-27)15-17-8-13-29-25-17/h8,13,16,18H,7,9-12,14-15H2,1-6H3,(H,22,23)(H,24,28). The van der Waals surface area contributed by atoms with E-state index in [-0.39, 0.29) is 12.0 Å². The van der Waals surface area contributed by atoms with Crippen molar-refractivity contribution in [3.8, 4) is 0 Å². The van der Waals surface area contributed by atoms with Gasteiger partial charge >= 0.3 is 6.09 Å². The summed E-state index contributed by atoms with van der Waals surface area (Å²) in [4.78, 5) is 21.6. The van der Waals surface area contributed by atoms with Gasteiger partial charge in [0.1, 0.15) is 11.9 Å². The maximum atomic E-state index is 12.2. The molecule has 9 heteroatoms. The van der Waals surface area contributed by atoms with Gasteiger partial charge in [-0.15, -0.1) is 0 Å². The first kappa shape index (κ1) is 24.0.